The molecule has 1 saturated carbocycles. The summed E-state index contributed by atoms with van der Waals surface area (Å²) in [5.41, 5.74) is 3.15. The van der Waals surface area contributed by atoms with Gasteiger partial charge in [-0.2, -0.15) is 0 Å². The van der Waals surface area contributed by atoms with Crippen LogP contribution in [0, 0.1) is 0 Å². The van der Waals surface area contributed by atoms with Gasteiger partial charge in [0, 0.05) is 6.04 Å². The summed E-state index contributed by atoms with van der Waals surface area (Å²) in [5, 5.41) is 3.57. The molecule has 96 valence electrons. The van der Waals surface area contributed by atoms with E-state index in [0.717, 1.165) is 12.6 Å². The van der Waals surface area contributed by atoms with E-state index >= 15 is 0 Å². The summed E-state index contributed by atoms with van der Waals surface area (Å²) in [5.74, 6) is 0. The smallest absolute Gasteiger partial charge is 0.00683 e. The summed E-state index contributed by atoms with van der Waals surface area (Å²) in [4.78, 5) is 0. The zero-order valence-corrected chi connectivity index (χ0v) is 11.3. The fourth-order valence-corrected chi connectivity index (χ4v) is 2.54. The molecule has 0 atom stereocenters. The Balaban J connectivity index is 1.74. The van der Waals surface area contributed by atoms with Gasteiger partial charge in [0.1, 0.15) is 0 Å². The van der Waals surface area contributed by atoms with Crippen LogP contribution < -0.4 is 5.32 Å². The topological polar surface area (TPSA) is 12.0 Å². The number of nitrogens with one attached hydrogen (secondary N) is 1. The maximum atomic E-state index is 3.57. The predicted molar refractivity (Wildman–Crippen MR) is 75.2 cm³/mol. The predicted octanol–water partition coefficient (Wildman–Crippen LogP) is 4.36. The molecular formula is C16H27N. The van der Waals surface area contributed by atoms with Gasteiger partial charge in [-0.3, -0.25) is 0 Å². The molecule has 0 aromatic rings. The van der Waals surface area contributed by atoms with Gasteiger partial charge in [-0.1, -0.05) is 30.6 Å². The van der Waals surface area contributed by atoms with Crippen molar-refractivity contribution in [1.29, 1.82) is 0 Å². The normalized spacial score (nSPS) is 22.9. The van der Waals surface area contributed by atoms with Crippen molar-refractivity contribution in [3.63, 3.8) is 0 Å². The van der Waals surface area contributed by atoms with Crippen LogP contribution in [-0.4, -0.2) is 12.6 Å². The van der Waals surface area contributed by atoms with Gasteiger partial charge in [-0.05, 0) is 64.0 Å². The molecule has 1 N–H and O–H groups in total. The SMILES string of the molecule is CC(=CCCNC1CC1)C1=CCCCCCC1. The Bertz CT molecular complexity index is 284. The van der Waals surface area contributed by atoms with E-state index < -0.39 is 0 Å². The van der Waals surface area contributed by atoms with Gasteiger partial charge in [-0.15, -0.1) is 0 Å². The third-order valence-corrected chi connectivity index (χ3v) is 3.90. The first-order chi connectivity index (χ1) is 8.36. The molecule has 0 saturated heterocycles. The van der Waals surface area contributed by atoms with Gasteiger partial charge in [0.15, 0.2) is 0 Å². The van der Waals surface area contributed by atoms with Crippen LogP contribution in [0.4, 0.5) is 0 Å². The Morgan fingerprint density at radius 3 is 2.94 bits per heavy atom. The van der Waals surface area contributed by atoms with Crippen molar-refractivity contribution in [2.45, 2.75) is 70.8 Å². The Morgan fingerprint density at radius 1 is 1.29 bits per heavy atom. The Kier molecular flexibility index (Phi) is 5.31. The van der Waals surface area contributed by atoms with Crippen molar-refractivity contribution in [3.05, 3.63) is 23.3 Å². The maximum absolute atomic E-state index is 3.57. The highest BCUT2D eigenvalue weighted by Crippen LogP contribution is 2.23. The second-order valence-electron chi connectivity index (χ2n) is 5.59. The first-order valence-corrected chi connectivity index (χ1v) is 7.46. The van der Waals surface area contributed by atoms with Crippen LogP contribution in [0.3, 0.4) is 0 Å². The summed E-state index contributed by atoms with van der Waals surface area (Å²) in [6, 6.07) is 0.851. The molecule has 0 radical (unpaired) electrons. The maximum Gasteiger partial charge on any atom is 0.00683 e. The molecular weight excluding hydrogens is 206 g/mol. The van der Waals surface area contributed by atoms with E-state index in [2.05, 4.69) is 24.4 Å². The molecule has 0 aliphatic heterocycles. The lowest BCUT2D eigenvalue weighted by molar-refractivity contribution is 0.626. The van der Waals surface area contributed by atoms with Crippen molar-refractivity contribution in [3.8, 4) is 0 Å². The third kappa shape index (κ3) is 5.08. The second-order valence-corrected chi connectivity index (χ2v) is 5.59. The molecule has 2 aliphatic carbocycles. The fraction of sp³-hybridized carbons (Fsp3) is 0.750. The van der Waals surface area contributed by atoms with Crippen LogP contribution in [-0.2, 0) is 0 Å². The van der Waals surface area contributed by atoms with Crippen molar-refractivity contribution < 1.29 is 0 Å². The molecule has 0 aromatic heterocycles. The van der Waals surface area contributed by atoms with E-state index in [0.29, 0.717) is 0 Å². The molecule has 2 rings (SSSR count). The van der Waals surface area contributed by atoms with Gasteiger partial charge in [-0.25, -0.2) is 0 Å². The van der Waals surface area contributed by atoms with E-state index in [-0.39, 0.29) is 0 Å². The number of allylic oxidation sites excluding steroid dienone is 3. The number of hydrogen-bond acceptors (Lipinski definition) is 1. The zero-order chi connectivity index (χ0) is 11.9. The monoisotopic (exact) mass is 233 g/mol. The molecule has 0 aromatic carbocycles. The van der Waals surface area contributed by atoms with Crippen LogP contribution in [0.5, 0.6) is 0 Å². The van der Waals surface area contributed by atoms with E-state index in [1.54, 1.807) is 5.57 Å². The van der Waals surface area contributed by atoms with Crippen molar-refractivity contribution >= 4 is 0 Å². The molecule has 0 spiro atoms. The van der Waals surface area contributed by atoms with Crippen LogP contribution in [0.15, 0.2) is 23.3 Å². The molecule has 17 heavy (non-hydrogen) atoms. The number of rotatable bonds is 5. The lowest BCUT2D eigenvalue weighted by Crippen LogP contribution is -2.16. The first-order valence-electron chi connectivity index (χ1n) is 7.46. The second kappa shape index (κ2) is 7.00. The minimum atomic E-state index is 0.851. The molecule has 0 unspecified atom stereocenters. The fourth-order valence-electron chi connectivity index (χ4n) is 2.54. The third-order valence-electron chi connectivity index (χ3n) is 3.90. The molecule has 2 aliphatic rings. The lowest BCUT2D eigenvalue weighted by Gasteiger charge is -2.12. The van der Waals surface area contributed by atoms with Crippen LogP contribution >= 0.6 is 0 Å². The largest absolute Gasteiger partial charge is 0.314 e. The molecule has 1 heteroatoms. The van der Waals surface area contributed by atoms with E-state index in [9.17, 15) is 0 Å². The summed E-state index contributed by atoms with van der Waals surface area (Å²) in [6.45, 7) is 3.46. The van der Waals surface area contributed by atoms with Gasteiger partial charge in [0.25, 0.3) is 0 Å². The van der Waals surface area contributed by atoms with Gasteiger partial charge < -0.3 is 5.32 Å². The molecule has 1 nitrogen and oxygen atoms in total. The zero-order valence-electron chi connectivity index (χ0n) is 11.3. The summed E-state index contributed by atoms with van der Waals surface area (Å²) >= 11 is 0. The standard InChI is InChI=1S/C16H27N/c1-14(8-7-13-17-16-11-12-16)15-9-5-3-2-4-6-10-15/h8-9,16-17H,2-7,10-13H2,1H3. The van der Waals surface area contributed by atoms with E-state index in [1.165, 1.54) is 63.4 Å². The summed E-state index contributed by atoms with van der Waals surface area (Å²) in [6.07, 6.45) is 17.1. The van der Waals surface area contributed by atoms with Gasteiger partial charge >= 0.3 is 0 Å². The van der Waals surface area contributed by atoms with Crippen molar-refractivity contribution in [1.82, 2.24) is 5.32 Å². The lowest BCUT2D eigenvalue weighted by atomic mass is 9.95. The molecule has 0 heterocycles. The highest BCUT2D eigenvalue weighted by Gasteiger charge is 2.19. The molecule has 0 bridgehead atoms. The first kappa shape index (κ1) is 12.9. The minimum Gasteiger partial charge on any atom is -0.314 e. The van der Waals surface area contributed by atoms with Gasteiger partial charge in [0.2, 0.25) is 0 Å². The average molecular weight is 233 g/mol. The van der Waals surface area contributed by atoms with E-state index in [1.807, 2.05) is 0 Å². The highest BCUT2D eigenvalue weighted by atomic mass is 14.9. The quantitative estimate of drug-likeness (QED) is 0.696. The highest BCUT2D eigenvalue weighted by molar-refractivity contribution is 5.29. The van der Waals surface area contributed by atoms with Crippen LogP contribution in [0.25, 0.3) is 0 Å². The minimum absolute atomic E-state index is 0.851. The van der Waals surface area contributed by atoms with Gasteiger partial charge in [0.05, 0.1) is 0 Å². The number of hydrogen-bond donors (Lipinski definition) is 1. The van der Waals surface area contributed by atoms with Crippen molar-refractivity contribution in [2.75, 3.05) is 6.54 Å². The Morgan fingerprint density at radius 2 is 2.12 bits per heavy atom. The molecule has 1 fully saturated rings. The summed E-state index contributed by atoms with van der Waals surface area (Å²) < 4.78 is 0. The van der Waals surface area contributed by atoms with Crippen molar-refractivity contribution in [2.24, 2.45) is 0 Å². The summed E-state index contributed by atoms with van der Waals surface area (Å²) in [7, 11) is 0. The van der Waals surface area contributed by atoms with E-state index in [4.69, 9.17) is 0 Å². The van der Waals surface area contributed by atoms with Crippen LogP contribution in [0.1, 0.15) is 64.7 Å². The Hall–Kier alpha value is -0.560. The molecule has 0 amide bonds. The van der Waals surface area contributed by atoms with Crippen LogP contribution in [0.2, 0.25) is 0 Å². The Labute approximate surface area is 106 Å². The average Bonchev–Trinajstić information content (AvgIpc) is 3.07.